The summed E-state index contributed by atoms with van der Waals surface area (Å²) in [5, 5.41) is 15.9. The van der Waals surface area contributed by atoms with Gasteiger partial charge in [0.05, 0.1) is 6.10 Å². The van der Waals surface area contributed by atoms with Crippen LogP contribution < -0.4 is 10.6 Å². The number of benzene rings is 1. The first-order valence-corrected chi connectivity index (χ1v) is 11.3. The Morgan fingerprint density at radius 3 is 1.94 bits per heavy atom. The number of alkyl carbamates (subject to hydrolysis) is 2. The second-order valence-corrected chi connectivity index (χ2v) is 7.48. The highest BCUT2D eigenvalue weighted by Gasteiger charge is 2.14. The summed E-state index contributed by atoms with van der Waals surface area (Å²) in [6.45, 7) is 6.94. The van der Waals surface area contributed by atoms with Gasteiger partial charge in [-0.1, -0.05) is 57.0 Å². The van der Waals surface area contributed by atoms with Crippen LogP contribution in [0.15, 0.2) is 30.3 Å². The molecule has 1 aromatic rings. The summed E-state index contributed by atoms with van der Waals surface area (Å²) in [7, 11) is 0. The number of nitrogens with zero attached hydrogens (tertiary/aromatic N) is 1. The summed E-state index contributed by atoms with van der Waals surface area (Å²) in [6, 6.07) is 9.77. The molecule has 176 valence electrons. The van der Waals surface area contributed by atoms with Crippen LogP contribution in [0.1, 0.15) is 45.1 Å². The van der Waals surface area contributed by atoms with Gasteiger partial charge in [0.15, 0.2) is 0 Å². The summed E-state index contributed by atoms with van der Waals surface area (Å²) < 4.78 is 10.4. The van der Waals surface area contributed by atoms with Crippen LogP contribution in [0.3, 0.4) is 0 Å². The summed E-state index contributed by atoms with van der Waals surface area (Å²) in [5.74, 6) is 0. The average molecular weight is 438 g/mol. The monoisotopic (exact) mass is 437 g/mol. The molecular weight excluding hydrogens is 398 g/mol. The van der Waals surface area contributed by atoms with Crippen LogP contribution in [0.4, 0.5) is 9.59 Å². The van der Waals surface area contributed by atoms with E-state index in [-0.39, 0.29) is 13.2 Å². The number of aliphatic hydroxyl groups excluding tert-OH is 1. The molecule has 8 nitrogen and oxygen atoms in total. The minimum atomic E-state index is -0.584. The summed E-state index contributed by atoms with van der Waals surface area (Å²) in [4.78, 5) is 25.4. The van der Waals surface area contributed by atoms with E-state index in [9.17, 15) is 14.7 Å². The molecule has 1 atom stereocenters. The summed E-state index contributed by atoms with van der Waals surface area (Å²) in [6.07, 6.45) is 2.87. The molecule has 0 heterocycles. The second kappa shape index (κ2) is 17.4. The first-order chi connectivity index (χ1) is 15.0. The highest BCUT2D eigenvalue weighted by molar-refractivity contribution is 5.67. The molecule has 2 amide bonds. The number of ether oxygens (including phenoxy) is 2. The molecule has 0 fully saturated rings. The van der Waals surface area contributed by atoms with Gasteiger partial charge in [0.2, 0.25) is 0 Å². The fourth-order valence-electron chi connectivity index (χ4n) is 2.91. The van der Waals surface area contributed by atoms with E-state index >= 15 is 0 Å². The minimum Gasteiger partial charge on any atom is -0.448 e. The lowest BCUT2D eigenvalue weighted by atomic mass is 10.1. The number of nitrogens with one attached hydrogen (secondary N) is 2. The van der Waals surface area contributed by atoms with Gasteiger partial charge in [0.1, 0.15) is 13.2 Å². The van der Waals surface area contributed by atoms with E-state index in [0.717, 1.165) is 31.2 Å². The lowest BCUT2D eigenvalue weighted by Crippen LogP contribution is -2.39. The molecule has 0 radical (unpaired) electrons. The van der Waals surface area contributed by atoms with Gasteiger partial charge in [0.25, 0.3) is 0 Å². The molecule has 1 rings (SSSR count). The normalized spacial score (nSPS) is 11.7. The van der Waals surface area contributed by atoms with E-state index in [2.05, 4.69) is 24.5 Å². The van der Waals surface area contributed by atoms with E-state index in [1.807, 2.05) is 35.2 Å². The van der Waals surface area contributed by atoms with Gasteiger partial charge in [-0.2, -0.15) is 0 Å². The van der Waals surface area contributed by atoms with Crippen LogP contribution in [-0.2, 0) is 15.9 Å². The van der Waals surface area contributed by atoms with E-state index in [4.69, 9.17) is 9.47 Å². The molecular formula is C23H39N3O5. The number of carbonyl (C=O) groups excluding carboxylic acids is 2. The number of unbranched alkanes of at least 4 members (excludes halogenated alkanes) is 2. The van der Waals surface area contributed by atoms with Crippen LogP contribution in [0.25, 0.3) is 0 Å². The van der Waals surface area contributed by atoms with Gasteiger partial charge in [-0.05, 0) is 24.8 Å². The van der Waals surface area contributed by atoms with Crippen molar-refractivity contribution in [1.82, 2.24) is 15.5 Å². The molecule has 8 heteroatoms. The third-order valence-electron chi connectivity index (χ3n) is 4.66. The quantitative estimate of drug-likeness (QED) is 0.344. The Kier molecular flexibility index (Phi) is 15.0. The number of aliphatic hydroxyl groups is 1. The van der Waals surface area contributed by atoms with Crippen molar-refractivity contribution < 1.29 is 24.2 Å². The molecule has 0 spiro atoms. The Labute approximate surface area is 186 Å². The SMILES string of the molecule is CCCCNC(=O)OCCN(CCOC(=O)NCCCC)CC(O)Cc1ccccc1. The predicted molar refractivity (Wildman–Crippen MR) is 121 cm³/mol. The maximum absolute atomic E-state index is 11.7. The number of carbonyl (C=O) groups is 2. The summed E-state index contributed by atoms with van der Waals surface area (Å²) >= 11 is 0. The van der Waals surface area contributed by atoms with Crippen LogP contribution >= 0.6 is 0 Å². The second-order valence-electron chi connectivity index (χ2n) is 7.48. The number of hydrogen-bond acceptors (Lipinski definition) is 6. The Bertz CT molecular complexity index is 572. The molecule has 0 aliphatic rings. The zero-order valence-electron chi connectivity index (χ0n) is 19.0. The van der Waals surface area contributed by atoms with Crippen molar-refractivity contribution in [3.8, 4) is 0 Å². The molecule has 0 aliphatic heterocycles. The Morgan fingerprint density at radius 2 is 1.45 bits per heavy atom. The van der Waals surface area contributed by atoms with E-state index in [1.54, 1.807) is 0 Å². The third kappa shape index (κ3) is 14.3. The lowest BCUT2D eigenvalue weighted by molar-refractivity contribution is 0.0728. The largest absolute Gasteiger partial charge is 0.448 e. The Balaban J connectivity index is 2.44. The predicted octanol–water partition coefficient (Wildman–Crippen LogP) is 2.94. The Morgan fingerprint density at radius 1 is 0.935 bits per heavy atom. The van der Waals surface area contributed by atoms with Gasteiger partial charge in [0, 0.05) is 32.7 Å². The molecule has 0 bridgehead atoms. The van der Waals surface area contributed by atoms with Crippen molar-refractivity contribution in [2.75, 3.05) is 45.9 Å². The van der Waals surface area contributed by atoms with Gasteiger partial charge in [-0.3, -0.25) is 4.90 Å². The van der Waals surface area contributed by atoms with E-state index in [1.165, 1.54) is 0 Å². The first kappa shape index (κ1) is 26.7. The topological polar surface area (TPSA) is 100 Å². The first-order valence-electron chi connectivity index (χ1n) is 11.3. The third-order valence-corrected chi connectivity index (χ3v) is 4.66. The molecule has 0 aliphatic carbocycles. The van der Waals surface area contributed by atoms with Crippen molar-refractivity contribution in [2.24, 2.45) is 0 Å². The lowest BCUT2D eigenvalue weighted by Gasteiger charge is -2.25. The van der Waals surface area contributed by atoms with Gasteiger partial charge in [-0.15, -0.1) is 0 Å². The highest BCUT2D eigenvalue weighted by Crippen LogP contribution is 2.05. The molecule has 1 aromatic carbocycles. The van der Waals surface area contributed by atoms with Crippen LogP contribution in [0, 0.1) is 0 Å². The van der Waals surface area contributed by atoms with Crippen molar-refractivity contribution in [3.63, 3.8) is 0 Å². The fraction of sp³-hybridized carbons (Fsp3) is 0.652. The van der Waals surface area contributed by atoms with Crippen LogP contribution in [-0.4, -0.2) is 74.2 Å². The van der Waals surface area contributed by atoms with Crippen molar-refractivity contribution in [1.29, 1.82) is 0 Å². The maximum Gasteiger partial charge on any atom is 0.407 e. The van der Waals surface area contributed by atoms with Crippen LogP contribution in [0.5, 0.6) is 0 Å². The van der Waals surface area contributed by atoms with Crippen molar-refractivity contribution in [3.05, 3.63) is 35.9 Å². The standard InChI is InChI=1S/C23H39N3O5/c1-3-5-12-24-22(28)30-16-14-26(15-17-31-23(29)25-13-6-4-2)19-21(27)18-20-10-8-7-9-11-20/h7-11,21,27H,3-6,12-19H2,1-2H3,(H,24,28)(H,25,29). The molecule has 0 saturated heterocycles. The number of hydrogen-bond donors (Lipinski definition) is 3. The minimum absolute atomic E-state index is 0.193. The molecule has 31 heavy (non-hydrogen) atoms. The molecule has 0 aromatic heterocycles. The van der Waals surface area contributed by atoms with Crippen LogP contribution in [0.2, 0.25) is 0 Å². The highest BCUT2D eigenvalue weighted by atomic mass is 16.6. The summed E-state index contributed by atoms with van der Waals surface area (Å²) in [5.41, 5.74) is 1.05. The van der Waals surface area contributed by atoms with E-state index in [0.29, 0.717) is 39.1 Å². The number of amides is 2. The number of rotatable bonds is 16. The van der Waals surface area contributed by atoms with Gasteiger partial charge >= 0.3 is 12.2 Å². The zero-order chi connectivity index (χ0) is 22.7. The Hall–Kier alpha value is -2.32. The zero-order valence-corrected chi connectivity index (χ0v) is 19.0. The van der Waals surface area contributed by atoms with Crippen molar-refractivity contribution in [2.45, 2.75) is 52.1 Å². The fourth-order valence-corrected chi connectivity index (χ4v) is 2.91. The van der Waals surface area contributed by atoms with Crippen molar-refractivity contribution >= 4 is 12.2 Å². The van der Waals surface area contributed by atoms with E-state index < -0.39 is 18.3 Å². The molecule has 0 saturated carbocycles. The van der Waals surface area contributed by atoms with Gasteiger partial charge in [-0.25, -0.2) is 9.59 Å². The smallest absolute Gasteiger partial charge is 0.407 e. The molecule has 3 N–H and O–H groups in total. The van der Waals surface area contributed by atoms with Gasteiger partial charge < -0.3 is 25.2 Å². The average Bonchev–Trinajstić information content (AvgIpc) is 2.74. The maximum atomic E-state index is 11.7. The molecule has 1 unspecified atom stereocenters.